The number of halogens is 2. The summed E-state index contributed by atoms with van der Waals surface area (Å²) in [6, 6.07) is 12.8. The fraction of sp³-hybridized carbons (Fsp3) is 0.263. The van der Waals surface area contributed by atoms with Crippen LogP contribution in [-0.2, 0) is 10.5 Å². The lowest BCUT2D eigenvalue weighted by Crippen LogP contribution is -2.30. The molecular weight excluding hydrogens is 423 g/mol. The Morgan fingerprint density at radius 1 is 1.19 bits per heavy atom. The summed E-state index contributed by atoms with van der Waals surface area (Å²) < 4.78 is 4.95. The lowest BCUT2D eigenvalue weighted by molar-refractivity contribution is 0.0526. The minimum absolute atomic E-state index is 0.303. The first kappa shape index (κ1) is 21.8. The number of anilines is 1. The molecule has 2 aromatic carbocycles. The Morgan fingerprint density at radius 2 is 1.96 bits per heavy atom. The van der Waals surface area contributed by atoms with Crippen LogP contribution >= 0.6 is 47.2 Å². The van der Waals surface area contributed by atoms with Gasteiger partial charge in [0.2, 0.25) is 0 Å². The summed E-state index contributed by atoms with van der Waals surface area (Å²) in [5.41, 5.74) is 2.16. The highest BCUT2D eigenvalue weighted by atomic mass is 35.5. The van der Waals surface area contributed by atoms with E-state index >= 15 is 0 Å². The molecule has 0 aliphatic rings. The van der Waals surface area contributed by atoms with Gasteiger partial charge in [0, 0.05) is 28.8 Å². The van der Waals surface area contributed by atoms with Gasteiger partial charge in [-0.15, -0.1) is 0 Å². The van der Waals surface area contributed by atoms with Crippen molar-refractivity contribution in [2.45, 2.75) is 12.7 Å². The van der Waals surface area contributed by atoms with Gasteiger partial charge in [-0.2, -0.15) is 11.8 Å². The number of carbonyl (C=O) groups is 1. The summed E-state index contributed by atoms with van der Waals surface area (Å²) in [6.45, 7) is 2.77. The predicted octanol–water partition coefficient (Wildman–Crippen LogP) is 5.39. The Morgan fingerprint density at radius 3 is 2.67 bits per heavy atom. The van der Waals surface area contributed by atoms with Gasteiger partial charge >= 0.3 is 5.97 Å². The Bertz CT molecular complexity index is 803. The zero-order chi connectivity index (χ0) is 19.6. The summed E-state index contributed by atoms with van der Waals surface area (Å²) >= 11 is 19.3. The second kappa shape index (κ2) is 11.4. The van der Waals surface area contributed by atoms with Gasteiger partial charge in [0.1, 0.15) is 0 Å². The number of thiocarbonyl (C=S) groups is 1. The molecule has 0 aromatic heterocycles. The molecule has 0 atom stereocenters. The summed E-state index contributed by atoms with van der Waals surface area (Å²) in [7, 11) is 0. The summed E-state index contributed by atoms with van der Waals surface area (Å²) in [5.74, 6) is 1.30. The van der Waals surface area contributed by atoms with Gasteiger partial charge in [0.15, 0.2) is 5.11 Å². The van der Waals surface area contributed by atoms with Gasteiger partial charge in [-0.3, -0.25) is 0 Å². The third-order valence-corrected chi connectivity index (χ3v) is 5.41. The molecule has 2 aromatic rings. The molecule has 2 N–H and O–H groups in total. The van der Waals surface area contributed by atoms with Crippen molar-refractivity contribution in [3.63, 3.8) is 0 Å². The molecule has 0 amide bonds. The Kier molecular flexibility index (Phi) is 9.21. The lowest BCUT2D eigenvalue weighted by atomic mass is 10.2. The molecule has 0 bridgehead atoms. The quantitative estimate of drug-likeness (QED) is 0.324. The molecule has 0 saturated heterocycles. The maximum absolute atomic E-state index is 11.7. The Balaban J connectivity index is 1.73. The molecule has 0 aliphatic carbocycles. The van der Waals surface area contributed by atoms with Crippen LogP contribution in [0.5, 0.6) is 0 Å². The number of esters is 1. The van der Waals surface area contributed by atoms with E-state index in [1.54, 1.807) is 36.9 Å². The number of nitrogens with one attached hydrogen (secondary N) is 2. The van der Waals surface area contributed by atoms with Crippen molar-refractivity contribution in [3.05, 3.63) is 63.6 Å². The van der Waals surface area contributed by atoms with Gasteiger partial charge in [-0.25, -0.2) is 4.79 Å². The standard InChI is InChI=1S/C19H20Cl2N2O2S2/c1-2-25-18(24)15-8-7-14(11-17(15)21)23-19(26)22-9-10-27-12-13-5-3-4-6-16(13)20/h3-8,11H,2,9-10,12H2,1H3,(H2,22,23,26). The van der Waals surface area contributed by atoms with E-state index in [0.717, 1.165) is 28.6 Å². The number of rotatable bonds is 8. The molecular formula is C19H20Cl2N2O2S2. The second-order valence-corrected chi connectivity index (χ2v) is 7.77. The number of hydrogen-bond acceptors (Lipinski definition) is 4. The molecule has 0 heterocycles. The van der Waals surface area contributed by atoms with E-state index in [0.29, 0.717) is 28.0 Å². The van der Waals surface area contributed by atoms with Crippen LogP contribution in [0.4, 0.5) is 5.69 Å². The molecule has 8 heteroatoms. The van der Waals surface area contributed by atoms with E-state index in [1.165, 1.54) is 0 Å². The first-order valence-corrected chi connectivity index (χ1v) is 10.7. The van der Waals surface area contributed by atoms with Crippen molar-refractivity contribution in [2.75, 3.05) is 24.2 Å². The zero-order valence-electron chi connectivity index (χ0n) is 14.8. The third kappa shape index (κ3) is 7.22. The molecule has 0 radical (unpaired) electrons. The monoisotopic (exact) mass is 442 g/mol. The summed E-state index contributed by atoms with van der Waals surface area (Å²) in [5, 5.41) is 7.79. The molecule has 0 fully saturated rings. The highest BCUT2D eigenvalue weighted by Crippen LogP contribution is 2.22. The summed E-state index contributed by atoms with van der Waals surface area (Å²) in [6.07, 6.45) is 0. The topological polar surface area (TPSA) is 50.4 Å². The summed E-state index contributed by atoms with van der Waals surface area (Å²) in [4.78, 5) is 11.7. The average Bonchev–Trinajstić information content (AvgIpc) is 2.63. The van der Waals surface area contributed by atoms with Crippen LogP contribution in [0.2, 0.25) is 10.0 Å². The lowest BCUT2D eigenvalue weighted by Gasteiger charge is -2.12. The Labute approximate surface area is 179 Å². The second-order valence-electron chi connectivity index (χ2n) is 5.44. The fourth-order valence-corrected chi connectivity index (χ4v) is 3.80. The van der Waals surface area contributed by atoms with Crippen LogP contribution in [-0.4, -0.2) is 30.0 Å². The highest BCUT2D eigenvalue weighted by Gasteiger charge is 2.12. The molecule has 0 unspecified atom stereocenters. The van der Waals surface area contributed by atoms with Crippen molar-refractivity contribution >= 4 is 64.0 Å². The largest absolute Gasteiger partial charge is 0.462 e. The van der Waals surface area contributed by atoms with Crippen molar-refractivity contribution in [1.29, 1.82) is 0 Å². The number of ether oxygens (including phenoxy) is 1. The highest BCUT2D eigenvalue weighted by molar-refractivity contribution is 7.98. The molecule has 4 nitrogen and oxygen atoms in total. The first-order valence-electron chi connectivity index (χ1n) is 8.34. The normalized spacial score (nSPS) is 10.3. The number of thioether (sulfide) groups is 1. The predicted molar refractivity (Wildman–Crippen MR) is 119 cm³/mol. The van der Waals surface area contributed by atoms with E-state index in [1.807, 2.05) is 24.3 Å². The molecule has 27 heavy (non-hydrogen) atoms. The van der Waals surface area contributed by atoms with Gasteiger partial charge < -0.3 is 15.4 Å². The van der Waals surface area contributed by atoms with Gasteiger partial charge in [-0.05, 0) is 49.0 Å². The van der Waals surface area contributed by atoms with Crippen LogP contribution in [0.1, 0.15) is 22.8 Å². The van der Waals surface area contributed by atoms with E-state index in [4.69, 9.17) is 40.2 Å². The van der Waals surface area contributed by atoms with Crippen molar-refractivity contribution in [3.8, 4) is 0 Å². The van der Waals surface area contributed by atoms with E-state index in [-0.39, 0.29) is 0 Å². The maximum atomic E-state index is 11.7. The Hall–Kier alpha value is -1.47. The number of benzene rings is 2. The van der Waals surface area contributed by atoms with Crippen molar-refractivity contribution < 1.29 is 9.53 Å². The van der Waals surface area contributed by atoms with Gasteiger partial charge in [0.05, 0.1) is 17.2 Å². The molecule has 2 rings (SSSR count). The SMILES string of the molecule is CCOC(=O)c1ccc(NC(=S)NCCSCc2ccccc2Cl)cc1Cl. The van der Waals surface area contributed by atoms with Crippen LogP contribution in [0.3, 0.4) is 0 Å². The van der Waals surface area contributed by atoms with Crippen molar-refractivity contribution in [1.82, 2.24) is 5.32 Å². The van der Waals surface area contributed by atoms with E-state index in [2.05, 4.69) is 10.6 Å². The van der Waals surface area contributed by atoms with Gasteiger partial charge in [0.25, 0.3) is 0 Å². The minimum Gasteiger partial charge on any atom is -0.462 e. The van der Waals surface area contributed by atoms with E-state index < -0.39 is 5.97 Å². The van der Waals surface area contributed by atoms with Crippen molar-refractivity contribution in [2.24, 2.45) is 0 Å². The number of hydrogen-bond donors (Lipinski definition) is 2. The smallest absolute Gasteiger partial charge is 0.339 e. The van der Waals surface area contributed by atoms with Crippen LogP contribution in [0, 0.1) is 0 Å². The molecule has 144 valence electrons. The molecule has 0 saturated carbocycles. The minimum atomic E-state index is -0.440. The third-order valence-electron chi connectivity index (χ3n) is 3.47. The fourth-order valence-electron chi connectivity index (χ4n) is 2.18. The average molecular weight is 443 g/mol. The van der Waals surface area contributed by atoms with Gasteiger partial charge in [-0.1, -0.05) is 41.4 Å². The van der Waals surface area contributed by atoms with Crippen LogP contribution < -0.4 is 10.6 Å². The zero-order valence-corrected chi connectivity index (χ0v) is 17.9. The van der Waals surface area contributed by atoms with E-state index in [9.17, 15) is 4.79 Å². The first-order chi connectivity index (χ1) is 13.0. The number of carbonyl (C=O) groups excluding carboxylic acids is 1. The van der Waals surface area contributed by atoms with Crippen LogP contribution in [0.25, 0.3) is 0 Å². The van der Waals surface area contributed by atoms with Crippen LogP contribution in [0.15, 0.2) is 42.5 Å². The maximum Gasteiger partial charge on any atom is 0.339 e. The molecule has 0 aliphatic heterocycles. The molecule has 0 spiro atoms.